The van der Waals surface area contributed by atoms with Gasteiger partial charge in [0.25, 0.3) is 5.69 Å². The number of nitro groups is 1. The number of phenols is 2. The van der Waals surface area contributed by atoms with Gasteiger partial charge < -0.3 is 21.7 Å². The minimum atomic E-state index is -0.740. The van der Waals surface area contributed by atoms with Gasteiger partial charge in [0.1, 0.15) is 0 Å². The van der Waals surface area contributed by atoms with Crippen LogP contribution >= 0.6 is 0 Å². The number of nitrogens with two attached hydrogens (primary N) is 2. The largest absolute Gasteiger partial charge is 0.504 e. The highest BCUT2D eigenvalue weighted by Crippen LogP contribution is 2.31. The van der Waals surface area contributed by atoms with E-state index in [1.54, 1.807) is 0 Å². The van der Waals surface area contributed by atoms with E-state index in [0.717, 1.165) is 18.3 Å². The molecule has 17 heavy (non-hydrogen) atoms. The molecule has 0 aliphatic carbocycles. The molecule has 0 amide bonds. The lowest BCUT2D eigenvalue weighted by Crippen LogP contribution is -2.21. The minimum absolute atomic E-state index is 0.0460. The monoisotopic (exact) mass is 239 g/mol. The summed E-state index contributed by atoms with van der Waals surface area (Å²) in [6.45, 7) is 0. The number of phenolic OH excluding ortho intramolecular Hbond substituents is 2. The maximum Gasteiger partial charge on any atom is 0.282 e. The molecule has 90 valence electrons. The Labute approximate surface area is 94.8 Å². The first-order valence-corrected chi connectivity index (χ1v) is 4.24. The first kappa shape index (κ1) is 12.2. The maximum atomic E-state index is 10.6. The molecule has 0 unspecified atom stereocenters. The highest BCUT2D eigenvalue weighted by molar-refractivity contribution is 5.87. The number of aromatic hydroxyl groups is 2. The Morgan fingerprint density at radius 1 is 1.35 bits per heavy atom. The number of rotatable bonds is 3. The summed E-state index contributed by atoms with van der Waals surface area (Å²) < 4.78 is 0. The first-order valence-electron chi connectivity index (χ1n) is 4.24. The van der Waals surface area contributed by atoms with Crippen LogP contribution in [0.5, 0.6) is 11.5 Å². The zero-order chi connectivity index (χ0) is 13.0. The number of guanidine groups is 1. The molecule has 9 heteroatoms. The predicted molar refractivity (Wildman–Crippen MR) is 59.8 cm³/mol. The summed E-state index contributed by atoms with van der Waals surface area (Å²) in [5, 5.41) is 35.6. The van der Waals surface area contributed by atoms with E-state index in [2.05, 4.69) is 10.2 Å². The van der Waals surface area contributed by atoms with Gasteiger partial charge in [-0.05, 0) is 6.07 Å². The summed E-state index contributed by atoms with van der Waals surface area (Å²) in [5.41, 5.74) is 9.52. The van der Waals surface area contributed by atoms with Gasteiger partial charge in [-0.3, -0.25) is 10.1 Å². The summed E-state index contributed by atoms with van der Waals surface area (Å²) >= 11 is 0. The zero-order valence-electron chi connectivity index (χ0n) is 8.44. The number of hydrogen-bond donors (Lipinski definition) is 4. The molecule has 0 bridgehead atoms. The van der Waals surface area contributed by atoms with E-state index in [9.17, 15) is 15.2 Å². The van der Waals surface area contributed by atoms with Crippen LogP contribution < -0.4 is 11.5 Å². The third-order valence-corrected chi connectivity index (χ3v) is 1.69. The molecular weight excluding hydrogens is 230 g/mol. The topological polar surface area (TPSA) is 160 Å². The second-order valence-electron chi connectivity index (χ2n) is 2.93. The van der Waals surface area contributed by atoms with Crippen molar-refractivity contribution in [2.75, 3.05) is 0 Å². The standard InChI is InChI=1S/C8H9N5O4/c9-8(10)12-11-3-4-1-6(14)7(15)2-5(4)13(16)17/h1-3,14-15H,(H4,9,10,12). The fourth-order valence-corrected chi connectivity index (χ4v) is 1.00. The molecule has 1 aromatic rings. The van der Waals surface area contributed by atoms with Crippen LogP contribution in [-0.2, 0) is 0 Å². The Morgan fingerprint density at radius 2 is 1.94 bits per heavy atom. The third-order valence-electron chi connectivity index (χ3n) is 1.69. The van der Waals surface area contributed by atoms with Crippen molar-refractivity contribution in [2.24, 2.45) is 21.7 Å². The molecule has 0 radical (unpaired) electrons. The minimum Gasteiger partial charge on any atom is -0.504 e. The van der Waals surface area contributed by atoms with E-state index in [-0.39, 0.29) is 11.5 Å². The Morgan fingerprint density at radius 3 is 2.47 bits per heavy atom. The summed E-state index contributed by atoms with van der Waals surface area (Å²) in [6.07, 6.45) is 0.983. The predicted octanol–water partition coefficient (Wildman–Crippen LogP) is -0.387. The van der Waals surface area contributed by atoms with Crippen LogP contribution in [0.3, 0.4) is 0 Å². The molecule has 0 saturated carbocycles. The molecule has 0 spiro atoms. The fraction of sp³-hybridized carbons (Fsp3) is 0. The van der Waals surface area contributed by atoms with Gasteiger partial charge in [0.15, 0.2) is 11.5 Å². The molecule has 0 aromatic heterocycles. The Hall–Kier alpha value is -2.84. The third kappa shape index (κ3) is 3.06. The van der Waals surface area contributed by atoms with Crippen LogP contribution in [0.25, 0.3) is 0 Å². The van der Waals surface area contributed by atoms with Crippen LogP contribution in [0.15, 0.2) is 22.3 Å². The van der Waals surface area contributed by atoms with Crippen molar-refractivity contribution in [3.05, 3.63) is 27.8 Å². The van der Waals surface area contributed by atoms with Crippen LogP contribution in [0.1, 0.15) is 5.56 Å². The highest BCUT2D eigenvalue weighted by Gasteiger charge is 2.16. The van der Waals surface area contributed by atoms with Crippen molar-refractivity contribution in [2.45, 2.75) is 0 Å². The van der Waals surface area contributed by atoms with E-state index in [1.807, 2.05) is 0 Å². The molecule has 1 rings (SSSR count). The van der Waals surface area contributed by atoms with Gasteiger partial charge in [-0.2, -0.15) is 5.10 Å². The molecule has 6 N–H and O–H groups in total. The average Bonchev–Trinajstić information content (AvgIpc) is 2.22. The van der Waals surface area contributed by atoms with Gasteiger partial charge in [-0.25, -0.2) is 0 Å². The lowest BCUT2D eigenvalue weighted by Gasteiger charge is -2.00. The second kappa shape index (κ2) is 4.79. The molecule has 0 aliphatic heterocycles. The van der Waals surface area contributed by atoms with Gasteiger partial charge in [0, 0.05) is 0 Å². The number of nitro benzene ring substituents is 1. The Kier molecular flexibility index (Phi) is 3.44. The van der Waals surface area contributed by atoms with Gasteiger partial charge in [-0.1, -0.05) is 0 Å². The average molecular weight is 239 g/mol. The first-order chi connectivity index (χ1) is 7.91. The second-order valence-corrected chi connectivity index (χ2v) is 2.93. The van der Waals surface area contributed by atoms with Gasteiger partial charge >= 0.3 is 0 Å². The lowest BCUT2D eigenvalue weighted by atomic mass is 10.1. The molecule has 0 aliphatic rings. The molecule has 0 atom stereocenters. The summed E-state index contributed by atoms with van der Waals surface area (Å²) in [5.74, 6) is -1.43. The Balaban J connectivity index is 3.22. The van der Waals surface area contributed by atoms with E-state index >= 15 is 0 Å². The number of hydrogen-bond acceptors (Lipinski definition) is 6. The molecule has 0 saturated heterocycles. The van der Waals surface area contributed by atoms with Crippen molar-refractivity contribution >= 4 is 17.9 Å². The SMILES string of the molecule is NC(N)=NN=Cc1cc(O)c(O)cc1[N+](=O)[O-]. The smallest absolute Gasteiger partial charge is 0.282 e. The van der Waals surface area contributed by atoms with Crippen molar-refractivity contribution in [1.82, 2.24) is 0 Å². The molecule has 0 heterocycles. The van der Waals surface area contributed by atoms with Crippen LogP contribution in [-0.4, -0.2) is 27.3 Å². The zero-order valence-corrected chi connectivity index (χ0v) is 8.44. The number of nitrogens with zero attached hydrogens (tertiary/aromatic N) is 3. The summed E-state index contributed by atoms with van der Waals surface area (Å²) in [4.78, 5) is 9.91. The van der Waals surface area contributed by atoms with E-state index in [4.69, 9.17) is 16.6 Å². The van der Waals surface area contributed by atoms with Gasteiger partial charge in [0.2, 0.25) is 5.96 Å². The van der Waals surface area contributed by atoms with Crippen LogP contribution in [0.4, 0.5) is 5.69 Å². The highest BCUT2D eigenvalue weighted by atomic mass is 16.6. The molecule has 0 fully saturated rings. The van der Waals surface area contributed by atoms with Crippen molar-refractivity contribution in [3.8, 4) is 11.5 Å². The maximum absolute atomic E-state index is 10.6. The van der Waals surface area contributed by atoms with Gasteiger partial charge in [0.05, 0.1) is 22.8 Å². The van der Waals surface area contributed by atoms with Crippen LogP contribution in [0, 0.1) is 10.1 Å². The van der Waals surface area contributed by atoms with Crippen molar-refractivity contribution in [3.63, 3.8) is 0 Å². The molecular formula is C8H9N5O4. The molecule has 1 aromatic carbocycles. The van der Waals surface area contributed by atoms with E-state index in [0.29, 0.717) is 0 Å². The van der Waals surface area contributed by atoms with Gasteiger partial charge in [-0.15, -0.1) is 5.10 Å². The summed E-state index contributed by atoms with van der Waals surface area (Å²) in [6, 6.07) is 1.77. The summed E-state index contributed by atoms with van der Waals surface area (Å²) in [7, 11) is 0. The molecule has 9 nitrogen and oxygen atoms in total. The Bertz CT molecular complexity index is 507. The van der Waals surface area contributed by atoms with E-state index < -0.39 is 22.1 Å². The van der Waals surface area contributed by atoms with Crippen molar-refractivity contribution < 1.29 is 15.1 Å². The normalized spacial score (nSPS) is 10.4. The number of benzene rings is 1. The lowest BCUT2D eigenvalue weighted by molar-refractivity contribution is -0.385. The van der Waals surface area contributed by atoms with Crippen LogP contribution in [0.2, 0.25) is 0 Å². The van der Waals surface area contributed by atoms with E-state index in [1.165, 1.54) is 0 Å². The fourth-order valence-electron chi connectivity index (χ4n) is 1.00. The quantitative estimate of drug-likeness (QED) is 0.185. The van der Waals surface area contributed by atoms with Crippen molar-refractivity contribution in [1.29, 1.82) is 0 Å².